The SMILES string of the molecule is CC(C)c1n[nH]c(C2CCCN2)n1. The van der Waals surface area contributed by atoms with E-state index in [-0.39, 0.29) is 0 Å². The molecule has 1 atom stereocenters. The van der Waals surface area contributed by atoms with Crippen molar-refractivity contribution in [3.8, 4) is 0 Å². The minimum Gasteiger partial charge on any atom is -0.307 e. The first kappa shape index (κ1) is 8.69. The van der Waals surface area contributed by atoms with Crippen molar-refractivity contribution in [1.29, 1.82) is 0 Å². The molecular weight excluding hydrogens is 164 g/mol. The molecule has 1 aliphatic rings. The highest BCUT2D eigenvalue weighted by Gasteiger charge is 2.20. The largest absolute Gasteiger partial charge is 0.307 e. The lowest BCUT2D eigenvalue weighted by Gasteiger charge is -2.03. The first-order valence-electron chi connectivity index (χ1n) is 4.93. The fourth-order valence-electron chi connectivity index (χ4n) is 1.62. The first-order chi connectivity index (χ1) is 6.27. The fourth-order valence-corrected chi connectivity index (χ4v) is 1.62. The first-order valence-corrected chi connectivity index (χ1v) is 4.93. The van der Waals surface area contributed by atoms with E-state index in [9.17, 15) is 0 Å². The summed E-state index contributed by atoms with van der Waals surface area (Å²) in [5, 5.41) is 10.6. The third-order valence-electron chi connectivity index (χ3n) is 2.43. The maximum absolute atomic E-state index is 4.46. The highest BCUT2D eigenvalue weighted by molar-refractivity contribution is 5.01. The summed E-state index contributed by atoms with van der Waals surface area (Å²) in [7, 11) is 0. The minimum absolute atomic E-state index is 0.403. The molecule has 1 fully saturated rings. The van der Waals surface area contributed by atoms with Crippen LogP contribution in [0.4, 0.5) is 0 Å². The summed E-state index contributed by atoms with van der Waals surface area (Å²) in [6.45, 7) is 5.31. The van der Waals surface area contributed by atoms with Crippen LogP contribution < -0.4 is 5.32 Å². The molecule has 0 aliphatic carbocycles. The van der Waals surface area contributed by atoms with Gasteiger partial charge in [0.15, 0.2) is 5.82 Å². The van der Waals surface area contributed by atoms with Crippen LogP contribution in [0.3, 0.4) is 0 Å². The van der Waals surface area contributed by atoms with Gasteiger partial charge in [0.1, 0.15) is 5.82 Å². The van der Waals surface area contributed by atoms with E-state index >= 15 is 0 Å². The van der Waals surface area contributed by atoms with Gasteiger partial charge in [-0.15, -0.1) is 0 Å². The molecule has 2 rings (SSSR count). The molecule has 13 heavy (non-hydrogen) atoms. The van der Waals surface area contributed by atoms with Gasteiger partial charge in [0.2, 0.25) is 0 Å². The summed E-state index contributed by atoms with van der Waals surface area (Å²) in [4.78, 5) is 4.46. The van der Waals surface area contributed by atoms with Gasteiger partial charge in [-0.2, -0.15) is 5.10 Å². The molecule has 1 aromatic rings. The maximum atomic E-state index is 4.46. The molecule has 72 valence electrons. The molecule has 0 saturated carbocycles. The third-order valence-corrected chi connectivity index (χ3v) is 2.43. The standard InChI is InChI=1S/C9H16N4/c1-6(2)8-11-9(13-12-8)7-4-3-5-10-7/h6-7,10H,3-5H2,1-2H3,(H,11,12,13). The topological polar surface area (TPSA) is 53.6 Å². The predicted molar refractivity (Wildman–Crippen MR) is 50.4 cm³/mol. The molecule has 2 heterocycles. The van der Waals surface area contributed by atoms with Gasteiger partial charge in [-0.1, -0.05) is 13.8 Å². The Labute approximate surface area is 78.1 Å². The van der Waals surface area contributed by atoms with E-state index in [1.165, 1.54) is 12.8 Å². The predicted octanol–water partition coefficient (Wildman–Crippen LogP) is 1.35. The Morgan fingerprint density at radius 1 is 1.46 bits per heavy atom. The molecule has 1 saturated heterocycles. The van der Waals surface area contributed by atoms with Gasteiger partial charge < -0.3 is 5.32 Å². The Morgan fingerprint density at radius 2 is 2.31 bits per heavy atom. The maximum Gasteiger partial charge on any atom is 0.153 e. The summed E-state index contributed by atoms with van der Waals surface area (Å²) in [5.41, 5.74) is 0. The number of aromatic amines is 1. The Balaban J connectivity index is 2.12. The van der Waals surface area contributed by atoms with Crippen LogP contribution in [-0.4, -0.2) is 21.7 Å². The summed E-state index contributed by atoms with van der Waals surface area (Å²) >= 11 is 0. The second kappa shape index (κ2) is 3.46. The molecule has 1 aromatic heterocycles. The molecule has 0 aromatic carbocycles. The molecule has 0 spiro atoms. The van der Waals surface area contributed by atoms with Crippen molar-refractivity contribution in [2.24, 2.45) is 0 Å². The lowest BCUT2D eigenvalue weighted by molar-refractivity contribution is 0.607. The lowest BCUT2D eigenvalue weighted by Crippen LogP contribution is -2.14. The molecule has 1 unspecified atom stereocenters. The van der Waals surface area contributed by atoms with Gasteiger partial charge in [-0.05, 0) is 19.4 Å². The van der Waals surface area contributed by atoms with Gasteiger partial charge in [-0.3, -0.25) is 5.10 Å². The average Bonchev–Trinajstić information content (AvgIpc) is 2.75. The zero-order valence-electron chi connectivity index (χ0n) is 8.17. The molecule has 4 nitrogen and oxygen atoms in total. The Morgan fingerprint density at radius 3 is 2.85 bits per heavy atom. The van der Waals surface area contributed by atoms with E-state index < -0.39 is 0 Å². The van der Waals surface area contributed by atoms with Crippen LogP contribution in [0, 0.1) is 0 Å². The van der Waals surface area contributed by atoms with Crippen LogP contribution in [0.25, 0.3) is 0 Å². The summed E-state index contributed by atoms with van der Waals surface area (Å²) in [6, 6.07) is 0.403. The number of aromatic nitrogens is 3. The van der Waals surface area contributed by atoms with Crippen molar-refractivity contribution >= 4 is 0 Å². The van der Waals surface area contributed by atoms with Crippen LogP contribution in [0.15, 0.2) is 0 Å². The number of nitrogens with one attached hydrogen (secondary N) is 2. The van der Waals surface area contributed by atoms with Crippen LogP contribution in [-0.2, 0) is 0 Å². The van der Waals surface area contributed by atoms with Crippen molar-refractivity contribution in [1.82, 2.24) is 20.5 Å². The average molecular weight is 180 g/mol. The fraction of sp³-hybridized carbons (Fsp3) is 0.778. The Kier molecular flexibility index (Phi) is 2.31. The van der Waals surface area contributed by atoms with E-state index in [1.54, 1.807) is 0 Å². The Hall–Kier alpha value is -0.900. The van der Waals surface area contributed by atoms with Crippen LogP contribution in [0.1, 0.15) is 50.3 Å². The second-order valence-corrected chi connectivity index (χ2v) is 3.88. The van der Waals surface area contributed by atoms with E-state index in [2.05, 4.69) is 34.3 Å². The van der Waals surface area contributed by atoms with E-state index in [0.717, 1.165) is 18.2 Å². The smallest absolute Gasteiger partial charge is 0.153 e. The molecule has 0 amide bonds. The molecular formula is C9H16N4. The van der Waals surface area contributed by atoms with Gasteiger partial charge in [0.25, 0.3) is 0 Å². The molecule has 2 N–H and O–H groups in total. The second-order valence-electron chi connectivity index (χ2n) is 3.88. The third kappa shape index (κ3) is 1.72. The van der Waals surface area contributed by atoms with Crippen molar-refractivity contribution in [3.63, 3.8) is 0 Å². The summed E-state index contributed by atoms with van der Waals surface area (Å²) in [5.74, 6) is 2.33. The van der Waals surface area contributed by atoms with Gasteiger partial charge in [-0.25, -0.2) is 4.98 Å². The van der Waals surface area contributed by atoms with E-state index in [0.29, 0.717) is 12.0 Å². The quantitative estimate of drug-likeness (QED) is 0.722. The molecule has 0 bridgehead atoms. The Bertz CT molecular complexity index is 273. The highest BCUT2D eigenvalue weighted by atomic mass is 15.2. The van der Waals surface area contributed by atoms with Crippen LogP contribution >= 0.6 is 0 Å². The lowest BCUT2D eigenvalue weighted by atomic mass is 10.2. The summed E-state index contributed by atoms with van der Waals surface area (Å²) in [6.07, 6.45) is 2.41. The van der Waals surface area contributed by atoms with Crippen molar-refractivity contribution in [2.75, 3.05) is 6.54 Å². The van der Waals surface area contributed by atoms with Crippen molar-refractivity contribution < 1.29 is 0 Å². The van der Waals surface area contributed by atoms with Gasteiger partial charge >= 0.3 is 0 Å². The number of hydrogen-bond acceptors (Lipinski definition) is 3. The van der Waals surface area contributed by atoms with Gasteiger partial charge in [0.05, 0.1) is 6.04 Å². The number of rotatable bonds is 2. The molecule has 1 aliphatic heterocycles. The molecule has 0 radical (unpaired) electrons. The number of hydrogen-bond donors (Lipinski definition) is 2. The van der Waals surface area contributed by atoms with Gasteiger partial charge in [0, 0.05) is 5.92 Å². The monoisotopic (exact) mass is 180 g/mol. The van der Waals surface area contributed by atoms with Crippen molar-refractivity contribution in [3.05, 3.63) is 11.6 Å². The minimum atomic E-state index is 0.403. The van der Waals surface area contributed by atoms with Crippen molar-refractivity contribution in [2.45, 2.75) is 38.6 Å². The normalized spacial score (nSPS) is 22.8. The number of H-pyrrole nitrogens is 1. The highest BCUT2D eigenvalue weighted by Crippen LogP contribution is 2.20. The zero-order chi connectivity index (χ0) is 9.26. The zero-order valence-corrected chi connectivity index (χ0v) is 8.17. The molecule has 4 heteroatoms. The van der Waals surface area contributed by atoms with Crippen LogP contribution in [0.5, 0.6) is 0 Å². The van der Waals surface area contributed by atoms with Crippen LogP contribution in [0.2, 0.25) is 0 Å². The summed E-state index contributed by atoms with van der Waals surface area (Å²) < 4.78 is 0. The number of nitrogens with zero attached hydrogens (tertiary/aromatic N) is 2. The van der Waals surface area contributed by atoms with E-state index in [4.69, 9.17) is 0 Å². The van der Waals surface area contributed by atoms with E-state index in [1.807, 2.05) is 0 Å².